The van der Waals surface area contributed by atoms with E-state index in [1.54, 1.807) is 6.92 Å². The summed E-state index contributed by atoms with van der Waals surface area (Å²) in [4.78, 5) is 11.9. The average molecular weight is 353 g/mol. The highest BCUT2D eigenvalue weighted by Crippen LogP contribution is 2.30. The Hall–Kier alpha value is -1.36. The summed E-state index contributed by atoms with van der Waals surface area (Å²) in [7, 11) is 0. The topological polar surface area (TPSA) is 44.1 Å². The van der Waals surface area contributed by atoms with E-state index in [0.717, 1.165) is 25.1 Å². The molecule has 0 aliphatic heterocycles. The predicted molar refractivity (Wildman–Crippen MR) is 87.2 cm³/mol. The van der Waals surface area contributed by atoms with Gasteiger partial charge in [0, 0.05) is 6.54 Å². The van der Waals surface area contributed by atoms with Gasteiger partial charge in [-0.3, -0.25) is 4.68 Å². The summed E-state index contributed by atoms with van der Waals surface area (Å²) < 4.78 is 8.18. The summed E-state index contributed by atoms with van der Waals surface area (Å²) in [5.41, 5.74) is 2.62. The molecule has 2 rings (SSSR count). The van der Waals surface area contributed by atoms with E-state index in [-0.39, 0.29) is 5.97 Å². The molecule has 1 aliphatic rings. The number of halogens is 1. The fraction of sp³-hybridized carbons (Fsp3) is 0.500. The Kier molecular flexibility index (Phi) is 5.39. The molecule has 21 heavy (non-hydrogen) atoms. The van der Waals surface area contributed by atoms with Crippen LogP contribution in [0.4, 0.5) is 0 Å². The Labute approximate surface area is 134 Å². The minimum atomic E-state index is -0.352. The van der Waals surface area contributed by atoms with Crippen LogP contribution in [0.1, 0.15) is 49.8 Å². The molecule has 114 valence electrons. The zero-order chi connectivity index (χ0) is 15.4. The molecule has 0 spiro atoms. The molecule has 4 nitrogen and oxygen atoms in total. The van der Waals surface area contributed by atoms with Crippen molar-refractivity contribution in [2.24, 2.45) is 5.92 Å². The van der Waals surface area contributed by atoms with Gasteiger partial charge in [-0.25, -0.2) is 4.79 Å². The highest BCUT2D eigenvalue weighted by Gasteiger charge is 2.19. The van der Waals surface area contributed by atoms with Crippen molar-refractivity contribution in [1.82, 2.24) is 9.78 Å². The molecule has 0 N–H and O–H groups in total. The summed E-state index contributed by atoms with van der Waals surface area (Å²) in [6.45, 7) is 7.24. The number of allylic oxidation sites excluding steroid dienone is 4. The second-order valence-electron chi connectivity index (χ2n) is 5.52. The third-order valence-electron chi connectivity index (χ3n) is 3.23. The molecule has 0 bridgehead atoms. The van der Waals surface area contributed by atoms with Crippen LogP contribution in [0, 0.1) is 5.92 Å². The number of esters is 1. The van der Waals surface area contributed by atoms with Crippen LogP contribution in [0.25, 0.3) is 5.57 Å². The zero-order valence-corrected chi connectivity index (χ0v) is 14.3. The maximum atomic E-state index is 11.9. The van der Waals surface area contributed by atoms with E-state index in [2.05, 4.69) is 47.0 Å². The molecule has 5 heteroatoms. The first-order valence-corrected chi connectivity index (χ1v) is 8.11. The number of hydrogen-bond donors (Lipinski definition) is 0. The molecule has 0 saturated carbocycles. The van der Waals surface area contributed by atoms with Crippen molar-refractivity contribution >= 4 is 27.5 Å². The van der Waals surface area contributed by atoms with E-state index in [0.29, 0.717) is 18.2 Å². The summed E-state index contributed by atoms with van der Waals surface area (Å²) in [6, 6.07) is 1.85. The van der Waals surface area contributed by atoms with Crippen LogP contribution < -0.4 is 0 Å². The fourth-order valence-corrected chi connectivity index (χ4v) is 2.62. The van der Waals surface area contributed by atoms with Crippen molar-refractivity contribution in [1.29, 1.82) is 0 Å². The second-order valence-corrected chi connectivity index (χ2v) is 6.54. The molecule has 0 unspecified atom stereocenters. The Morgan fingerprint density at radius 3 is 2.76 bits per heavy atom. The highest BCUT2D eigenvalue weighted by atomic mass is 79.9. The molecule has 0 aromatic carbocycles. The summed E-state index contributed by atoms with van der Waals surface area (Å²) in [6.07, 6.45) is 6.09. The number of carbonyl (C=O) groups is 1. The van der Waals surface area contributed by atoms with Gasteiger partial charge in [0.25, 0.3) is 0 Å². The van der Waals surface area contributed by atoms with Gasteiger partial charge < -0.3 is 4.74 Å². The normalized spacial score (nSPS) is 14.9. The lowest BCUT2D eigenvalue weighted by Crippen LogP contribution is -2.11. The van der Waals surface area contributed by atoms with Crippen molar-refractivity contribution in [2.75, 3.05) is 6.61 Å². The zero-order valence-electron chi connectivity index (χ0n) is 12.7. The molecule has 0 saturated heterocycles. The third kappa shape index (κ3) is 4.06. The number of ether oxygens (including phenoxy) is 1. The van der Waals surface area contributed by atoms with Gasteiger partial charge in [-0.15, -0.1) is 0 Å². The number of carbonyl (C=O) groups excluding carboxylic acids is 1. The predicted octanol–water partition coefficient (Wildman–Crippen LogP) is 4.17. The highest BCUT2D eigenvalue weighted by molar-refractivity contribution is 9.11. The maximum Gasteiger partial charge on any atom is 0.358 e. The minimum Gasteiger partial charge on any atom is -0.461 e. The van der Waals surface area contributed by atoms with E-state index < -0.39 is 0 Å². The Bertz CT molecular complexity index is 585. The maximum absolute atomic E-state index is 11.9. The van der Waals surface area contributed by atoms with Gasteiger partial charge in [-0.1, -0.05) is 41.9 Å². The van der Waals surface area contributed by atoms with Crippen molar-refractivity contribution in [3.8, 4) is 0 Å². The third-order valence-corrected chi connectivity index (χ3v) is 3.89. The first kappa shape index (κ1) is 16.0. The molecular weight excluding hydrogens is 332 g/mol. The molecule has 1 aliphatic carbocycles. The largest absolute Gasteiger partial charge is 0.461 e. The van der Waals surface area contributed by atoms with Gasteiger partial charge in [0.2, 0.25) is 0 Å². The lowest BCUT2D eigenvalue weighted by atomic mass is 10.0. The molecule has 0 fully saturated rings. The van der Waals surface area contributed by atoms with Crippen LogP contribution in [0.5, 0.6) is 0 Å². The molecule has 1 heterocycles. The van der Waals surface area contributed by atoms with Crippen molar-refractivity contribution in [3.05, 3.63) is 34.1 Å². The van der Waals surface area contributed by atoms with E-state index in [4.69, 9.17) is 4.74 Å². The van der Waals surface area contributed by atoms with Crippen molar-refractivity contribution in [2.45, 2.75) is 40.2 Å². The standard InChI is InChI=1S/C16H21BrN2O2/c1-4-21-16(20)14-9-15(19(18-14)10-11(2)3)12-5-7-13(17)8-6-12/h5,7,9,11H,4,6,8,10H2,1-3H3. The summed E-state index contributed by atoms with van der Waals surface area (Å²) >= 11 is 3.52. The van der Waals surface area contributed by atoms with Crippen LogP contribution in [-0.4, -0.2) is 22.4 Å². The number of aromatic nitrogens is 2. The number of hydrogen-bond acceptors (Lipinski definition) is 3. The van der Waals surface area contributed by atoms with E-state index >= 15 is 0 Å². The lowest BCUT2D eigenvalue weighted by molar-refractivity contribution is 0.0518. The van der Waals surface area contributed by atoms with E-state index in [1.165, 1.54) is 10.1 Å². The monoisotopic (exact) mass is 352 g/mol. The van der Waals surface area contributed by atoms with Crippen LogP contribution in [0.15, 0.2) is 22.7 Å². The van der Waals surface area contributed by atoms with Gasteiger partial charge in [0.15, 0.2) is 5.69 Å². The number of rotatable bonds is 5. The smallest absolute Gasteiger partial charge is 0.358 e. The van der Waals surface area contributed by atoms with Crippen LogP contribution >= 0.6 is 15.9 Å². The van der Waals surface area contributed by atoms with Crippen LogP contribution in [0.3, 0.4) is 0 Å². The lowest BCUT2D eigenvalue weighted by Gasteiger charge is -2.14. The van der Waals surface area contributed by atoms with Crippen molar-refractivity contribution < 1.29 is 9.53 Å². The summed E-state index contributed by atoms with van der Waals surface area (Å²) in [5, 5.41) is 4.43. The quantitative estimate of drug-likeness (QED) is 0.746. The van der Waals surface area contributed by atoms with Gasteiger partial charge in [0.05, 0.1) is 12.3 Å². The van der Waals surface area contributed by atoms with Crippen LogP contribution in [0.2, 0.25) is 0 Å². The van der Waals surface area contributed by atoms with E-state index in [1.807, 2.05) is 10.7 Å². The van der Waals surface area contributed by atoms with E-state index in [9.17, 15) is 4.79 Å². The Balaban J connectivity index is 2.36. The number of nitrogens with zero attached hydrogens (tertiary/aromatic N) is 2. The molecule has 1 aromatic heterocycles. The molecule has 1 aromatic rings. The molecule has 0 atom stereocenters. The fourth-order valence-electron chi connectivity index (χ4n) is 2.29. The minimum absolute atomic E-state index is 0.352. The SMILES string of the molecule is CCOC(=O)c1cc(C2=CC=C(Br)CC2)n(CC(C)C)n1. The first-order valence-electron chi connectivity index (χ1n) is 7.31. The second kappa shape index (κ2) is 7.07. The Morgan fingerprint density at radius 1 is 1.43 bits per heavy atom. The van der Waals surface area contributed by atoms with Gasteiger partial charge >= 0.3 is 5.97 Å². The molecular formula is C16H21BrN2O2. The van der Waals surface area contributed by atoms with Gasteiger partial charge in [-0.2, -0.15) is 5.10 Å². The average Bonchev–Trinajstić information content (AvgIpc) is 2.83. The Morgan fingerprint density at radius 2 is 2.19 bits per heavy atom. The summed E-state index contributed by atoms with van der Waals surface area (Å²) in [5.74, 6) is 0.111. The van der Waals surface area contributed by atoms with Gasteiger partial charge in [-0.05, 0) is 41.8 Å². The first-order chi connectivity index (χ1) is 10.0. The van der Waals surface area contributed by atoms with Crippen LogP contribution in [-0.2, 0) is 11.3 Å². The molecule has 0 radical (unpaired) electrons. The molecule has 0 amide bonds. The van der Waals surface area contributed by atoms with Crippen molar-refractivity contribution in [3.63, 3.8) is 0 Å². The van der Waals surface area contributed by atoms with Gasteiger partial charge in [0.1, 0.15) is 0 Å².